The summed E-state index contributed by atoms with van der Waals surface area (Å²) in [6.07, 6.45) is 12.9. The summed E-state index contributed by atoms with van der Waals surface area (Å²) in [7, 11) is 0. The Balaban J connectivity index is 2.04. The summed E-state index contributed by atoms with van der Waals surface area (Å²) < 4.78 is 14.2. The van der Waals surface area contributed by atoms with Gasteiger partial charge in [0.05, 0.1) is 5.75 Å². The summed E-state index contributed by atoms with van der Waals surface area (Å²) in [5, 5.41) is 10.5. The van der Waals surface area contributed by atoms with Crippen molar-refractivity contribution in [2.24, 2.45) is 17.1 Å². The van der Waals surface area contributed by atoms with Crippen LogP contribution in [0.4, 0.5) is 10.1 Å². The predicted molar refractivity (Wildman–Crippen MR) is 133 cm³/mol. The van der Waals surface area contributed by atoms with Crippen molar-refractivity contribution in [1.29, 1.82) is 5.41 Å². The zero-order valence-corrected chi connectivity index (χ0v) is 20.0. The second-order valence-electron chi connectivity index (χ2n) is 9.28. The molecule has 0 aliphatic heterocycles. The monoisotopic (exact) mass is 472 g/mol. The number of anilines is 1. The molecule has 2 atom stereocenters. The number of allylic oxidation sites excluding steroid dienone is 3. The van der Waals surface area contributed by atoms with Crippen molar-refractivity contribution in [3.8, 4) is 0 Å². The number of carbonyl (C=O) groups excluding carboxylic acids is 2. The number of hydrogen-bond donors (Lipinski definition) is 3. The van der Waals surface area contributed by atoms with Gasteiger partial charge >= 0.3 is 0 Å². The second kappa shape index (κ2) is 11.0. The Morgan fingerprint density at radius 1 is 1.27 bits per heavy atom. The molecule has 0 radical (unpaired) electrons. The van der Waals surface area contributed by atoms with Crippen LogP contribution in [0.15, 0.2) is 48.6 Å². The average Bonchev–Trinajstić information content (AvgIpc) is 2.76. The molecule has 0 aromatic heterocycles. The van der Waals surface area contributed by atoms with E-state index in [0.29, 0.717) is 5.69 Å². The fourth-order valence-electron chi connectivity index (χ4n) is 4.63. The maximum Gasteiger partial charge on any atom is 0.244 e. The number of nitrogens with zero attached hydrogens (tertiary/aromatic N) is 1. The minimum Gasteiger partial charge on any atom is -0.379 e. The number of amides is 2. The van der Waals surface area contributed by atoms with Crippen LogP contribution in [0.25, 0.3) is 0 Å². The molecule has 2 aliphatic carbocycles. The van der Waals surface area contributed by atoms with Crippen LogP contribution in [0.3, 0.4) is 0 Å². The van der Waals surface area contributed by atoms with E-state index >= 15 is 0 Å². The Morgan fingerprint density at radius 2 is 2.00 bits per heavy atom. The largest absolute Gasteiger partial charge is 0.379 e. The molecule has 6 nitrogen and oxygen atoms in total. The molecule has 2 amide bonds. The Bertz CT molecular complexity index is 940. The highest BCUT2D eigenvalue weighted by Gasteiger charge is 2.43. The van der Waals surface area contributed by atoms with E-state index in [1.54, 1.807) is 6.07 Å². The molecule has 1 aromatic carbocycles. The van der Waals surface area contributed by atoms with Crippen molar-refractivity contribution >= 4 is 34.4 Å². The third kappa shape index (κ3) is 6.47. The van der Waals surface area contributed by atoms with Crippen LogP contribution in [0.1, 0.15) is 46.0 Å². The van der Waals surface area contributed by atoms with Crippen LogP contribution < -0.4 is 16.0 Å². The highest BCUT2D eigenvalue weighted by molar-refractivity contribution is 8.14. The van der Waals surface area contributed by atoms with E-state index in [9.17, 15) is 14.0 Å². The van der Waals surface area contributed by atoms with Crippen LogP contribution in [0.5, 0.6) is 0 Å². The molecular formula is C25H33FN4O2S. The maximum absolute atomic E-state index is 14.2. The SMILES string of the molecule is CC1(C)C=CC=CC1C(C(=O)NC1CCCCC1)N(C(=O)CSC(=N)N)c1cccc(F)c1. The normalized spacial score (nSPS) is 20.8. The Morgan fingerprint density at radius 3 is 2.64 bits per heavy atom. The zero-order chi connectivity index (χ0) is 24.0. The number of thioether (sulfide) groups is 1. The number of amidine groups is 1. The highest BCUT2D eigenvalue weighted by atomic mass is 32.2. The third-order valence-corrected chi connectivity index (χ3v) is 7.06. The van der Waals surface area contributed by atoms with Gasteiger partial charge in [-0.05, 0) is 36.5 Å². The van der Waals surface area contributed by atoms with Gasteiger partial charge in [-0.15, -0.1) is 0 Å². The summed E-state index contributed by atoms with van der Waals surface area (Å²) in [5.41, 5.74) is 5.36. The first kappa shape index (κ1) is 25.0. The van der Waals surface area contributed by atoms with Gasteiger partial charge in [0.25, 0.3) is 0 Å². The van der Waals surface area contributed by atoms with Crippen LogP contribution >= 0.6 is 11.8 Å². The number of nitrogens with two attached hydrogens (primary N) is 1. The molecule has 8 heteroatoms. The van der Waals surface area contributed by atoms with Gasteiger partial charge in [-0.25, -0.2) is 4.39 Å². The van der Waals surface area contributed by atoms with E-state index in [1.165, 1.54) is 23.1 Å². The van der Waals surface area contributed by atoms with Gasteiger partial charge in [0.15, 0.2) is 5.17 Å². The van der Waals surface area contributed by atoms with Gasteiger partial charge in [0.1, 0.15) is 11.9 Å². The summed E-state index contributed by atoms with van der Waals surface area (Å²) in [5.74, 6) is -1.59. The smallest absolute Gasteiger partial charge is 0.244 e. The number of carbonyl (C=O) groups is 2. The standard InChI is InChI=1S/C25H33FN4O2S/c1-25(2)14-7-6-13-20(25)22(23(32)29-18-10-4-3-5-11-18)30(21(31)16-33-24(27)28)19-12-8-9-17(26)15-19/h6-9,12-15,18,20,22H,3-5,10-11,16H2,1-2H3,(H3,27,28)(H,29,32). The zero-order valence-electron chi connectivity index (χ0n) is 19.2. The van der Waals surface area contributed by atoms with E-state index in [0.717, 1.165) is 43.9 Å². The fourth-order valence-corrected chi connectivity index (χ4v) is 5.05. The molecule has 0 heterocycles. The first-order valence-electron chi connectivity index (χ1n) is 11.4. The molecule has 1 saturated carbocycles. The molecule has 1 aromatic rings. The molecule has 4 N–H and O–H groups in total. The minimum atomic E-state index is -0.884. The molecule has 2 unspecified atom stereocenters. The highest BCUT2D eigenvalue weighted by Crippen LogP contribution is 2.39. The Labute approximate surface area is 199 Å². The van der Waals surface area contributed by atoms with Crippen molar-refractivity contribution in [2.45, 2.75) is 58.0 Å². The van der Waals surface area contributed by atoms with E-state index in [4.69, 9.17) is 11.1 Å². The maximum atomic E-state index is 14.2. The van der Waals surface area contributed by atoms with E-state index in [-0.39, 0.29) is 28.8 Å². The van der Waals surface area contributed by atoms with Crippen LogP contribution in [0.2, 0.25) is 0 Å². The number of halogens is 1. The molecule has 2 aliphatic rings. The molecule has 0 bridgehead atoms. The lowest BCUT2D eigenvalue weighted by atomic mass is 9.71. The third-order valence-electron chi connectivity index (χ3n) is 6.36. The predicted octanol–water partition coefficient (Wildman–Crippen LogP) is 4.37. The van der Waals surface area contributed by atoms with Crippen molar-refractivity contribution < 1.29 is 14.0 Å². The molecule has 178 valence electrons. The molecule has 3 rings (SSSR count). The second-order valence-corrected chi connectivity index (χ2v) is 10.3. The lowest BCUT2D eigenvalue weighted by Crippen LogP contribution is -2.58. The van der Waals surface area contributed by atoms with Gasteiger partial charge in [0, 0.05) is 17.6 Å². The summed E-state index contributed by atoms with van der Waals surface area (Å²) in [6.45, 7) is 4.05. The molecule has 1 fully saturated rings. The van der Waals surface area contributed by atoms with Crippen LogP contribution in [-0.2, 0) is 9.59 Å². The molecule has 0 saturated heterocycles. The van der Waals surface area contributed by atoms with Gasteiger partial charge < -0.3 is 11.1 Å². The molecular weight excluding hydrogens is 439 g/mol. The van der Waals surface area contributed by atoms with Crippen molar-refractivity contribution in [3.63, 3.8) is 0 Å². The average molecular weight is 473 g/mol. The Kier molecular flexibility index (Phi) is 8.35. The van der Waals surface area contributed by atoms with Gasteiger partial charge in [-0.2, -0.15) is 0 Å². The summed E-state index contributed by atoms with van der Waals surface area (Å²) in [4.78, 5) is 28.7. The van der Waals surface area contributed by atoms with E-state index in [2.05, 4.69) is 5.32 Å². The quantitative estimate of drug-likeness (QED) is 0.405. The number of nitrogens with one attached hydrogen (secondary N) is 2. The number of hydrogen-bond acceptors (Lipinski definition) is 4. The van der Waals surface area contributed by atoms with Gasteiger partial charge in [0.2, 0.25) is 11.8 Å². The van der Waals surface area contributed by atoms with Gasteiger partial charge in [-0.3, -0.25) is 19.9 Å². The fraction of sp³-hybridized carbons (Fsp3) is 0.480. The van der Waals surface area contributed by atoms with E-state index in [1.807, 2.05) is 38.2 Å². The first-order valence-corrected chi connectivity index (χ1v) is 12.4. The number of rotatable bonds is 7. The van der Waals surface area contributed by atoms with E-state index < -0.39 is 23.2 Å². The van der Waals surface area contributed by atoms with Crippen molar-refractivity contribution in [3.05, 3.63) is 54.4 Å². The van der Waals surface area contributed by atoms with Crippen LogP contribution in [0, 0.1) is 22.6 Å². The molecule has 0 spiro atoms. The van der Waals surface area contributed by atoms with Crippen molar-refractivity contribution in [2.75, 3.05) is 10.7 Å². The number of benzene rings is 1. The Hall–Kier alpha value is -2.61. The summed E-state index contributed by atoms with van der Waals surface area (Å²) >= 11 is 0.890. The molecule has 33 heavy (non-hydrogen) atoms. The lowest BCUT2D eigenvalue weighted by Gasteiger charge is -2.42. The van der Waals surface area contributed by atoms with Crippen molar-refractivity contribution in [1.82, 2.24) is 5.32 Å². The lowest BCUT2D eigenvalue weighted by molar-refractivity contribution is -0.128. The first-order chi connectivity index (χ1) is 15.7. The van der Waals surface area contributed by atoms with Crippen LogP contribution in [-0.4, -0.2) is 34.8 Å². The summed E-state index contributed by atoms with van der Waals surface area (Å²) in [6, 6.07) is 4.92. The topological polar surface area (TPSA) is 99.3 Å². The minimum absolute atomic E-state index is 0.0658. The van der Waals surface area contributed by atoms with Gasteiger partial charge in [-0.1, -0.05) is 75.2 Å².